The van der Waals surface area contributed by atoms with E-state index in [2.05, 4.69) is 118 Å². The zero-order chi connectivity index (χ0) is 109. The number of hydrogen-bond acceptors (Lipinski definition) is 22. The molecule has 145 heavy (non-hydrogen) atoms. The molecule has 39 nitrogen and oxygen atoms in total. The molecule has 840 valence electrons. The van der Waals surface area contributed by atoms with E-state index >= 15 is 0 Å². The summed E-state index contributed by atoms with van der Waals surface area (Å²) in [5.41, 5.74) is 0. The maximum absolute atomic E-state index is 12.8. The Kier molecular flexibility index (Phi) is 94.8. The lowest BCUT2D eigenvalue weighted by Crippen LogP contribution is -2.51. The van der Waals surface area contributed by atoms with E-state index in [-0.39, 0.29) is 220 Å². The minimum atomic E-state index is -0.832. The largest absolute Gasteiger partial charge is 0.359 e. The fourth-order valence-electron chi connectivity index (χ4n) is 15.0. The second kappa shape index (κ2) is 94.6. The number of ketones is 4. The monoisotopic (exact) mass is 2060 g/mol. The van der Waals surface area contributed by atoms with Crippen molar-refractivity contribution >= 4 is 124 Å². The predicted molar refractivity (Wildman–Crippen MR) is 571 cm³/mol. The summed E-state index contributed by atoms with van der Waals surface area (Å²) in [6.07, 6.45) is 26.4. The third-order valence-corrected chi connectivity index (χ3v) is 22.9. The fraction of sp³-hybridized carbons (Fsp3) is 0.802. The molecule has 0 saturated carbocycles. The van der Waals surface area contributed by atoms with Gasteiger partial charge in [-0.1, -0.05) is 74.7 Å². The lowest BCUT2D eigenvalue weighted by atomic mass is 9.87. The molecule has 1 heterocycles. The van der Waals surface area contributed by atoms with Gasteiger partial charge in [0.1, 0.15) is 23.4 Å². The SMILES string of the molecule is C.C.CC(C)CC(=O)CCCCCN(C)C.CNC(=O)CCCC(=O)N[C@@H](CCC(=O)NC)C(=O)CCC(=O)NC(C)C.CNC(=O)CCCCC(=O)NCCCC[C@H](CC(=O)CCCCCCC(=O)NC(C)C)C(=O)NC.CNC(=O)CCCCC(=O)NCCCC[C@H](NC(=O)CCCCC(=O)NC)C(=O)NCCCCCC(=O)NC(C)C.CNC(=O)[C@@H]1C[C@H](C(=O)NC)CN(C(=O)CCCCC(=O)CC(C)C)C1. The number of nitrogens with one attached hydrogen (secondary N) is 16. The third-order valence-electron chi connectivity index (χ3n) is 22.9. The minimum Gasteiger partial charge on any atom is -0.359 e. The maximum atomic E-state index is 12.8. The fourth-order valence-corrected chi connectivity index (χ4v) is 15.0. The zero-order valence-corrected chi connectivity index (χ0v) is 91.2. The van der Waals surface area contributed by atoms with Crippen LogP contribution in [0.3, 0.4) is 0 Å². The van der Waals surface area contributed by atoms with Crippen molar-refractivity contribution in [2.24, 2.45) is 29.6 Å². The number of rotatable bonds is 75. The Morgan fingerprint density at radius 2 is 0.579 bits per heavy atom. The highest BCUT2D eigenvalue weighted by Crippen LogP contribution is 2.25. The van der Waals surface area contributed by atoms with E-state index < -0.39 is 12.1 Å². The second-order valence-electron chi connectivity index (χ2n) is 38.8. The van der Waals surface area contributed by atoms with Crippen LogP contribution in [-0.4, -0.2) is 273 Å². The molecule has 1 saturated heterocycles. The standard InChI is InChI=1S/C29H54N6O6.C26H48N4O5.C19H33N3O4.C18H32N4O5.C12H25NO.2CH4/c1-22(2)34-27(39)18-6-5-12-21-33-29(41)23(35-28(40)19-10-8-16-25(37)31-4)14-11-13-20-32-26(38)17-9-7-15-24(36)30-3;1-20(2)30-25(34)17-8-6-5-7-14-22(31)19-21(26(35)28-4)13-11-12-18-29-24(33)16-10-9-15-23(32)27-3;1-13(2)9-16(23)7-5-6-8-17(24)22-11-14(18(25)20-3)10-15(12-22)19(26)21-4;1-12(2)21-18(27)11-9-14(23)13(8-10-16(25)20-4)22-17(26)7-5-6-15(24)19-3;1-11(2)10-12(14)8-6-5-7-9-13(3)4;;/h22-23H,5-21H2,1-4H3,(H,30,36)(H,31,37)(H,32,38)(H,33,41)(H,34,39)(H,35,40);20-21H,5-19H2,1-4H3,(H,27,32)(H,28,35)(H,29,33)(H,30,34);13-15H,5-12H2,1-4H3,(H,20,25)(H,21,26);12-13H,5-11H2,1-4H3,(H,19,24)(H,20,25)(H,21,27)(H,22,26);11H,5-10H2,1-4H3;2*1H4/t23-;21-;14-,15+;13-;;;/m01.0.../s1. The number of carbonyl (C=O) groups excluding carboxylic acids is 21. The van der Waals surface area contributed by atoms with Crippen LogP contribution in [0, 0.1) is 29.6 Å². The van der Waals surface area contributed by atoms with Gasteiger partial charge in [0.25, 0.3) is 0 Å². The van der Waals surface area contributed by atoms with Crippen molar-refractivity contribution in [3.8, 4) is 0 Å². The lowest BCUT2D eigenvalue weighted by molar-refractivity contribution is -0.141. The van der Waals surface area contributed by atoms with Gasteiger partial charge < -0.3 is 94.9 Å². The summed E-state index contributed by atoms with van der Waals surface area (Å²) in [7, 11) is 16.6. The molecule has 0 radical (unpaired) electrons. The van der Waals surface area contributed by atoms with Gasteiger partial charge in [-0.3, -0.25) is 101 Å². The van der Waals surface area contributed by atoms with Crippen LogP contribution >= 0.6 is 0 Å². The molecule has 0 aromatic carbocycles. The molecular weight excluding hydrogens is 1860 g/mol. The van der Waals surface area contributed by atoms with Gasteiger partial charge in [-0.15, -0.1) is 0 Å². The van der Waals surface area contributed by atoms with Crippen molar-refractivity contribution in [3.05, 3.63) is 0 Å². The Labute approximate surface area is 870 Å². The second-order valence-corrected chi connectivity index (χ2v) is 38.8. The number of unbranched alkanes of at least 4 members (excludes halogenated alkanes) is 13. The van der Waals surface area contributed by atoms with Gasteiger partial charge in [0.05, 0.1) is 17.9 Å². The van der Waals surface area contributed by atoms with Gasteiger partial charge in [0.2, 0.25) is 100 Å². The Morgan fingerprint density at radius 3 is 0.972 bits per heavy atom. The Bertz CT molecular complexity index is 3670. The molecule has 1 rings (SSSR count). The first kappa shape index (κ1) is 145. The summed E-state index contributed by atoms with van der Waals surface area (Å²) in [5.74, 6) is -1.76. The van der Waals surface area contributed by atoms with Gasteiger partial charge in [-0.2, -0.15) is 0 Å². The van der Waals surface area contributed by atoms with Crippen molar-refractivity contribution in [2.75, 3.05) is 110 Å². The highest BCUT2D eigenvalue weighted by Gasteiger charge is 2.37. The number of carbonyl (C=O) groups is 21. The van der Waals surface area contributed by atoms with Crippen molar-refractivity contribution in [1.82, 2.24) is 94.9 Å². The van der Waals surface area contributed by atoms with E-state index in [1.807, 2.05) is 55.4 Å². The molecule has 1 fully saturated rings. The van der Waals surface area contributed by atoms with Crippen LogP contribution in [0.2, 0.25) is 0 Å². The number of amides is 17. The number of piperidine rings is 1. The molecule has 16 N–H and O–H groups in total. The van der Waals surface area contributed by atoms with E-state index in [1.165, 1.54) is 26.9 Å². The van der Waals surface area contributed by atoms with E-state index in [0.717, 1.165) is 83.6 Å². The van der Waals surface area contributed by atoms with Gasteiger partial charge in [-0.25, -0.2) is 0 Å². The van der Waals surface area contributed by atoms with Crippen LogP contribution in [0.5, 0.6) is 0 Å². The molecule has 39 heteroatoms. The third kappa shape index (κ3) is 90.9. The first-order chi connectivity index (χ1) is 67.8. The molecule has 1 aliphatic heterocycles. The van der Waals surface area contributed by atoms with Crippen LogP contribution in [0.4, 0.5) is 0 Å². The van der Waals surface area contributed by atoms with Crippen molar-refractivity contribution in [2.45, 2.75) is 416 Å². The number of hydrogen-bond donors (Lipinski definition) is 16. The smallest absolute Gasteiger partial charge is 0.242 e. The van der Waals surface area contributed by atoms with Crippen LogP contribution in [0.25, 0.3) is 0 Å². The van der Waals surface area contributed by atoms with Crippen molar-refractivity contribution in [1.29, 1.82) is 0 Å². The van der Waals surface area contributed by atoms with Gasteiger partial charge in [0, 0.05) is 242 Å². The summed E-state index contributed by atoms with van der Waals surface area (Å²) >= 11 is 0. The molecule has 1 aliphatic rings. The van der Waals surface area contributed by atoms with E-state index in [9.17, 15) is 101 Å². The molecule has 0 aromatic rings. The van der Waals surface area contributed by atoms with Crippen molar-refractivity contribution < 1.29 is 101 Å². The molecule has 0 unspecified atom stereocenters. The van der Waals surface area contributed by atoms with E-state index in [0.29, 0.717) is 211 Å². The van der Waals surface area contributed by atoms with Crippen LogP contribution < -0.4 is 85.1 Å². The topological polar surface area (TPSA) is 557 Å². The first-order valence-corrected chi connectivity index (χ1v) is 52.7. The highest BCUT2D eigenvalue weighted by molar-refractivity contribution is 5.93. The van der Waals surface area contributed by atoms with Gasteiger partial charge in [-0.05, 0) is 215 Å². The average Bonchev–Trinajstić information content (AvgIpc) is 0.825. The van der Waals surface area contributed by atoms with Gasteiger partial charge in [0.15, 0.2) is 5.78 Å². The van der Waals surface area contributed by atoms with Gasteiger partial charge >= 0.3 is 0 Å². The summed E-state index contributed by atoms with van der Waals surface area (Å²) in [6.45, 7) is 22.9. The molecule has 17 amide bonds. The number of Topliss-reactive ketones (excluding diaryl/α,β-unsaturated/α-hetero) is 4. The zero-order valence-electron chi connectivity index (χ0n) is 91.2. The Balaban J connectivity index is -0.000000428. The average molecular weight is 2060 g/mol. The summed E-state index contributed by atoms with van der Waals surface area (Å²) < 4.78 is 0. The van der Waals surface area contributed by atoms with E-state index in [4.69, 9.17) is 0 Å². The predicted octanol–water partition coefficient (Wildman–Crippen LogP) is 9.24. The van der Waals surface area contributed by atoms with Crippen LogP contribution in [0.1, 0.15) is 386 Å². The molecule has 0 aliphatic carbocycles. The summed E-state index contributed by atoms with van der Waals surface area (Å²) in [6, 6.07) is -1.26. The molecule has 0 spiro atoms. The lowest BCUT2D eigenvalue weighted by Gasteiger charge is -2.36. The Morgan fingerprint density at radius 1 is 0.269 bits per heavy atom. The Hall–Kier alpha value is -10.4. The summed E-state index contributed by atoms with van der Waals surface area (Å²) in [5, 5.41) is 43.0. The minimum absolute atomic E-state index is 0. The van der Waals surface area contributed by atoms with Crippen molar-refractivity contribution in [3.63, 3.8) is 0 Å². The number of likely N-dealkylation sites (tertiary alicyclic amines) is 1. The first-order valence-electron chi connectivity index (χ1n) is 52.7. The molecule has 5 atom stereocenters. The number of nitrogens with zero attached hydrogens (tertiary/aromatic N) is 2. The maximum Gasteiger partial charge on any atom is 0.242 e. The molecular formula is C106H200N18O21. The molecule has 0 bridgehead atoms. The molecule has 0 aromatic heterocycles. The normalized spacial score (nSPS) is 12.8. The van der Waals surface area contributed by atoms with Crippen LogP contribution in [-0.2, 0) is 101 Å². The van der Waals surface area contributed by atoms with Crippen LogP contribution in [0.15, 0.2) is 0 Å². The van der Waals surface area contributed by atoms with E-state index in [1.54, 1.807) is 47.2 Å². The quantitative estimate of drug-likeness (QED) is 0.0252. The highest BCUT2D eigenvalue weighted by atomic mass is 16.2. The summed E-state index contributed by atoms with van der Waals surface area (Å²) in [4.78, 5) is 253.